The Morgan fingerprint density at radius 2 is 2.36 bits per heavy atom. The van der Waals surface area contributed by atoms with Gasteiger partial charge in [-0.2, -0.15) is 0 Å². The van der Waals surface area contributed by atoms with E-state index < -0.39 is 0 Å². The molecule has 0 aliphatic rings. The van der Waals surface area contributed by atoms with Gasteiger partial charge in [-0.3, -0.25) is 4.79 Å². The summed E-state index contributed by atoms with van der Waals surface area (Å²) in [7, 11) is 1.68. The Morgan fingerprint density at radius 3 is 2.93 bits per heavy atom. The first-order chi connectivity index (χ1) is 6.70. The van der Waals surface area contributed by atoms with Crippen molar-refractivity contribution in [2.24, 2.45) is 7.05 Å². The van der Waals surface area contributed by atoms with Gasteiger partial charge >= 0.3 is 0 Å². The molecule has 0 spiro atoms. The summed E-state index contributed by atoms with van der Waals surface area (Å²) in [5.74, 6) is 0.395. The molecule has 0 atom stereocenters. The van der Waals surface area contributed by atoms with E-state index >= 15 is 0 Å². The highest BCUT2D eigenvalue weighted by atomic mass is 16.3. The molecule has 0 amide bonds. The minimum Gasteiger partial charge on any atom is -0.395 e. The minimum atomic E-state index is -0.136. The molecular formula is C9H15N3O2. The molecule has 0 saturated carbocycles. The summed E-state index contributed by atoms with van der Waals surface area (Å²) in [5.41, 5.74) is -0.136. The normalized spacial score (nSPS) is 10.2. The van der Waals surface area contributed by atoms with Gasteiger partial charge in [-0.05, 0) is 6.92 Å². The van der Waals surface area contributed by atoms with Gasteiger partial charge in [0.2, 0.25) is 0 Å². The summed E-state index contributed by atoms with van der Waals surface area (Å²) in [5, 5.41) is 8.81. The Morgan fingerprint density at radius 1 is 1.64 bits per heavy atom. The fourth-order valence-electron chi connectivity index (χ4n) is 1.24. The van der Waals surface area contributed by atoms with E-state index in [1.54, 1.807) is 24.3 Å². The molecule has 0 unspecified atom stereocenters. The van der Waals surface area contributed by atoms with Crippen molar-refractivity contribution in [1.29, 1.82) is 0 Å². The average Bonchev–Trinajstić information content (AvgIpc) is 2.19. The maximum absolute atomic E-state index is 11.6. The van der Waals surface area contributed by atoms with E-state index in [-0.39, 0.29) is 12.2 Å². The van der Waals surface area contributed by atoms with Crippen LogP contribution in [0.25, 0.3) is 0 Å². The van der Waals surface area contributed by atoms with Gasteiger partial charge in [-0.25, -0.2) is 4.98 Å². The van der Waals surface area contributed by atoms with E-state index in [1.807, 2.05) is 6.92 Å². The van der Waals surface area contributed by atoms with Crippen LogP contribution in [0.4, 0.5) is 5.82 Å². The molecule has 0 radical (unpaired) electrons. The standard InChI is InChI=1S/C9H15N3O2/c1-3-12(6-7-13)8-9(14)11(2)5-4-10-8/h4-5,13H,3,6-7H2,1-2H3. The molecule has 0 bridgehead atoms. The number of anilines is 1. The lowest BCUT2D eigenvalue weighted by molar-refractivity contribution is 0.302. The zero-order valence-corrected chi connectivity index (χ0v) is 8.47. The number of aliphatic hydroxyl groups excluding tert-OH is 1. The zero-order chi connectivity index (χ0) is 10.6. The molecule has 5 nitrogen and oxygen atoms in total. The van der Waals surface area contributed by atoms with Crippen LogP contribution in [0.1, 0.15) is 6.92 Å². The van der Waals surface area contributed by atoms with Crippen LogP contribution < -0.4 is 10.5 Å². The van der Waals surface area contributed by atoms with Crippen LogP contribution in [0.3, 0.4) is 0 Å². The highest BCUT2D eigenvalue weighted by Crippen LogP contribution is 2.01. The van der Waals surface area contributed by atoms with Crippen LogP contribution in [0.15, 0.2) is 17.2 Å². The van der Waals surface area contributed by atoms with Crippen molar-refractivity contribution < 1.29 is 5.11 Å². The summed E-state index contributed by atoms with van der Waals surface area (Å²) < 4.78 is 1.47. The second-order valence-corrected chi connectivity index (χ2v) is 2.97. The molecule has 1 rings (SSSR count). The second-order valence-electron chi connectivity index (χ2n) is 2.97. The maximum atomic E-state index is 11.6. The van der Waals surface area contributed by atoms with E-state index in [2.05, 4.69) is 4.98 Å². The third-order valence-electron chi connectivity index (χ3n) is 2.05. The van der Waals surface area contributed by atoms with E-state index in [1.165, 1.54) is 4.57 Å². The molecule has 14 heavy (non-hydrogen) atoms. The van der Waals surface area contributed by atoms with E-state index in [0.717, 1.165) is 0 Å². The topological polar surface area (TPSA) is 58.4 Å². The van der Waals surface area contributed by atoms with Crippen molar-refractivity contribution in [1.82, 2.24) is 9.55 Å². The van der Waals surface area contributed by atoms with Crippen molar-refractivity contribution in [3.05, 3.63) is 22.7 Å². The first-order valence-electron chi connectivity index (χ1n) is 4.58. The lowest BCUT2D eigenvalue weighted by Gasteiger charge is -2.19. The maximum Gasteiger partial charge on any atom is 0.293 e. The summed E-state index contributed by atoms with van der Waals surface area (Å²) in [6, 6.07) is 0. The molecule has 0 aromatic carbocycles. The van der Waals surface area contributed by atoms with E-state index in [0.29, 0.717) is 18.9 Å². The van der Waals surface area contributed by atoms with Gasteiger partial charge in [0.1, 0.15) is 0 Å². The summed E-state index contributed by atoms with van der Waals surface area (Å²) in [6.07, 6.45) is 3.19. The van der Waals surface area contributed by atoms with Gasteiger partial charge in [-0.1, -0.05) is 0 Å². The molecule has 1 heterocycles. The number of hydrogen-bond acceptors (Lipinski definition) is 4. The van der Waals surface area contributed by atoms with Crippen molar-refractivity contribution in [3.8, 4) is 0 Å². The third kappa shape index (κ3) is 2.11. The zero-order valence-electron chi connectivity index (χ0n) is 8.47. The van der Waals surface area contributed by atoms with Crippen molar-refractivity contribution in [2.75, 3.05) is 24.6 Å². The molecule has 0 fully saturated rings. The highest BCUT2D eigenvalue weighted by molar-refractivity contribution is 5.35. The van der Waals surface area contributed by atoms with Crippen molar-refractivity contribution >= 4 is 5.82 Å². The average molecular weight is 197 g/mol. The summed E-state index contributed by atoms with van der Waals surface area (Å²) in [6.45, 7) is 3.03. The number of hydrogen-bond donors (Lipinski definition) is 1. The van der Waals surface area contributed by atoms with Crippen molar-refractivity contribution in [3.63, 3.8) is 0 Å². The SMILES string of the molecule is CCN(CCO)c1nccn(C)c1=O. The van der Waals surface area contributed by atoms with Crippen LogP contribution in [-0.4, -0.2) is 34.4 Å². The van der Waals surface area contributed by atoms with Crippen LogP contribution in [0.5, 0.6) is 0 Å². The second kappa shape index (κ2) is 4.76. The quantitative estimate of drug-likeness (QED) is 0.713. The lowest BCUT2D eigenvalue weighted by Crippen LogP contribution is -2.34. The van der Waals surface area contributed by atoms with Crippen LogP contribution in [-0.2, 0) is 7.05 Å². The Balaban J connectivity index is 3.04. The molecule has 0 saturated heterocycles. The van der Waals surface area contributed by atoms with Crippen LogP contribution in [0.2, 0.25) is 0 Å². The fourth-order valence-corrected chi connectivity index (χ4v) is 1.24. The molecule has 0 aliphatic carbocycles. The van der Waals surface area contributed by atoms with E-state index in [4.69, 9.17) is 5.11 Å². The number of rotatable bonds is 4. The number of nitrogens with zero attached hydrogens (tertiary/aromatic N) is 3. The van der Waals surface area contributed by atoms with E-state index in [9.17, 15) is 4.79 Å². The van der Waals surface area contributed by atoms with Crippen LogP contribution >= 0.6 is 0 Å². The van der Waals surface area contributed by atoms with Gasteiger partial charge in [0, 0.05) is 32.5 Å². The molecule has 78 valence electrons. The number of aliphatic hydroxyl groups is 1. The Hall–Kier alpha value is -1.36. The largest absolute Gasteiger partial charge is 0.395 e. The predicted molar refractivity (Wildman–Crippen MR) is 54.5 cm³/mol. The monoisotopic (exact) mass is 197 g/mol. The molecule has 1 N–H and O–H groups in total. The number of likely N-dealkylation sites (N-methyl/N-ethyl adjacent to an activating group) is 1. The lowest BCUT2D eigenvalue weighted by atomic mass is 10.4. The molecule has 1 aromatic heterocycles. The van der Waals surface area contributed by atoms with Gasteiger partial charge < -0.3 is 14.6 Å². The van der Waals surface area contributed by atoms with Gasteiger partial charge in [0.05, 0.1) is 6.61 Å². The highest BCUT2D eigenvalue weighted by Gasteiger charge is 2.09. The smallest absolute Gasteiger partial charge is 0.293 e. The first-order valence-corrected chi connectivity index (χ1v) is 4.58. The third-order valence-corrected chi connectivity index (χ3v) is 2.05. The summed E-state index contributed by atoms with van der Waals surface area (Å²) >= 11 is 0. The van der Waals surface area contributed by atoms with Gasteiger partial charge in [0.25, 0.3) is 5.56 Å². The summed E-state index contributed by atoms with van der Waals surface area (Å²) in [4.78, 5) is 17.4. The molecular weight excluding hydrogens is 182 g/mol. The predicted octanol–water partition coefficient (Wildman–Crippen LogP) is -0.401. The Labute approximate surface area is 82.6 Å². The van der Waals surface area contributed by atoms with Crippen molar-refractivity contribution in [2.45, 2.75) is 6.92 Å². The van der Waals surface area contributed by atoms with Crippen LogP contribution in [0, 0.1) is 0 Å². The number of aryl methyl sites for hydroxylation is 1. The number of aromatic nitrogens is 2. The molecule has 0 aliphatic heterocycles. The molecule has 1 aromatic rings. The van der Waals surface area contributed by atoms with Gasteiger partial charge in [0.15, 0.2) is 5.82 Å². The Kier molecular flexibility index (Phi) is 3.64. The first kappa shape index (κ1) is 10.7. The van der Waals surface area contributed by atoms with Gasteiger partial charge in [-0.15, -0.1) is 0 Å². The fraction of sp³-hybridized carbons (Fsp3) is 0.556. The minimum absolute atomic E-state index is 0.0214. The molecule has 5 heteroatoms. The Bertz CT molecular complexity index is 348.